The Morgan fingerprint density at radius 1 is 0.900 bits per heavy atom. The van der Waals surface area contributed by atoms with E-state index in [-0.39, 0.29) is 10.9 Å². The fraction of sp³-hybridized carbons (Fsp3) is 0.364. The number of hydrogen-bond acceptors (Lipinski definition) is 4. The zero-order valence-corrected chi connectivity index (χ0v) is 17.5. The molecule has 1 atom stereocenters. The molecule has 30 heavy (non-hydrogen) atoms. The Labute approximate surface area is 176 Å². The molecule has 1 heterocycles. The number of fused-ring (bicyclic) bond motifs is 1. The fourth-order valence-corrected chi connectivity index (χ4v) is 5.62. The fourth-order valence-electron chi connectivity index (χ4n) is 4.10. The van der Waals surface area contributed by atoms with Crippen LogP contribution < -0.4 is 10.6 Å². The quantitative estimate of drug-likeness (QED) is 0.733. The van der Waals surface area contributed by atoms with Crippen molar-refractivity contribution >= 4 is 27.5 Å². The van der Waals surface area contributed by atoms with E-state index in [2.05, 4.69) is 10.6 Å². The first kappa shape index (κ1) is 20.6. The molecule has 0 unspecified atom stereocenters. The van der Waals surface area contributed by atoms with Gasteiger partial charge in [-0.2, -0.15) is 4.31 Å². The molecule has 0 aromatic heterocycles. The number of sulfonamides is 1. The van der Waals surface area contributed by atoms with Gasteiger partial charge in [0, 0.05) is 18.8 Å². The zero-order valence-electron chi connectivity index (χ0n) is 16.6. The van der Waals surface area contributed by atoms with Gasteiger partial charge in [-0.3, -0.25) is 9.59 Å². The molecule has 158 valence electrons. The van der Waals surface area contributed by atoms with Crippen molar-refractivity contribution in [2.45, 2.75) is 43.0 Å². The molecule has 2 aromatic rings. The molecule has 8 heteroatoms. The van der Waals surface area contributed by atoms with Gasteiger partial charge in [0.1, 0.15) is 0 Å². The number of hydrogen-bond donors (Lipinski definition) is 2. The van der Waals surface area contributed by atoms with Gasteiger partial charge >= 0.3 is 11.8 Å². The topological polar surface area (TPSA) is 95.6 Å². The number of aryl methyl sites for hydroxylation is 1. The van der Waals surface area contributed by atoms with Gasteiger partial charge < -0.3 is 10.6 Å². The lowest BCUT2D eigenvalue weighted by atomic mass is 9.88. The second-order valence-electron chi connectivity index (χ2n) is 7.71. The van der Waals surface area contributed by atoms with Crippen molar-refractivity contribution in [3.05, 3.63) is 59.7 Å². The van der Waals surface area contributed by atoms with Crippen molar-refractivity contribution in [3.63, 3.8) is 0 Å². The smallest absolute Gasteiger partial charge is 0.313 e. The van der Waals surface area contributed by atoms with E-state index >= 15 is 0 Å². The van der Waals surface area contributed by atoms with E-state index in [9.17, 15) is 18.0 Å². The number of rotatable bonds is 4. The molecule has 1 aliphatic heterocycles. The molecule has 0 spiro atoms. The first-order valence-electron chi connectivity index (χ1n) is 10.2. The standard InChI is InChI=1S/C22H25N3O4S/c26-21(22(27)24-20-9-5-7-16-6-1-2-8-19(16)20)23-17-10-12-18(13-11-17)30(28,29)25-14-3-4-15-25/h1-2,6,8,10-13,20H,3-5,7,9,14-15H2,(H,23,26)(H,24,27)/t20-/m0/s1. The number of carbonyl (C=O) groups excluding carboxylic acids is 2. The first-order chi connectivity index (χ1) is 14.4. The van der Waals surface area contributed by atoms with Crippen LogP contribution in [0.5, 0.6) is 0 Å². The third kappa shape index (κ3) is 4.24. The van der Waals surface area contributed by atoms with E-state index in [1.54, 1.807) is 0 Å². The van der Waals surface area contributed by atoms with E-state index in [0.717, 1.165) is 37.7 Å². The van der Waals surface area contributed by atoms with Gasteiger partial charge in [-0.25, -0.2) is 8.42 Å². The van der Waals surface area contributed by atoms with Gasteiger partial charge in [0.2, 0.25) is 10.0 Å². The lowest BCUT2D eigenvalue weighted by Gasteiger charge is -2.26. The highest BCUT2D eigenvalue weighted by molar-refractivity contribution is 7.89. The number of nitrogens with one attached hydrogen (secondary N) is 2. The average Bonchev–Trinajstić information content (AvgIpc) is 3.30. The summed E-state index contributed by atoms with van der Waals surface area (Å²) >= 11 is 0. The Bertz CT molecular complexity index is 1040. The predicted octanol–water partition coefficient (Wildman–Crippen LogP) is 2.60. The third-order valence-corrected chi connectivity index (χ3v) is 7.61. The molecule has 1 aliphatic carbocycles. The van der Waals surface area contributed by atoms with Crippen LogP contribution in [0, 0.1) is 0 Å². The van der Waals surface area contributed by atoms with Crippen LogP contribution in [-0.4, -0.2) is 37.6 Å². The minimum atomic E-state index is -3.51. The van der Waals surface area contributed by atoms with Crippen molar-refractivity contribution in [3.8, 4) is 0 Å². The lowest BCUT2D eigenvalue weighted by molar-refractivity contribution is -0.136. The summed E-state index contributed by atoms with van der Waals surface area (Å²) in [6.45, 7) is 1.07. The van der Waals surface area contributed by atoms with Crippen LogP contribution in [0.15, 0.2) is 53.4 Å². The highest BCUT2D eigenvalue weighted by Gasteiger charge is 2.27. The van der Waals surface area contributed by atoms with Crippen molar-refractivity contribution in [2.75, 3.05) is 18.4 Å². The summed E-state index contributed by atoms with van der Waals surface area (Å²) in [5.41, 5.74) is 2.63. The van der Waals surface area contributed by atoms with E-state index in [0.29, 0.717) is 18.8 Å². The van der Waals surface area contributed by atoms with Crippen LogP contribution in [0.2, 0.25) is 0 Å². The Balaban J connectivity index is 1.39. The maximum atomic E-state index is 12.6. The Hall–Kier alpha value is -2.71. The maximum Gasteiger partial charge on any atom is 0.313 e. The normalized spacial score (nSPS) is 19.1. The molecular formula is C22H25N3O4S. The summed E-state index contributed by atoms with van der Waals surface area (Å²) < 4.78 is 26.6. The molecule has 4 rings (SSSR count). The second-order valence-corrected chi connectivity index (χ2v) is 9.64. The van der Waals surface area contributed by atoms with Crippen molar-refractivity contribution in [1.82, 2.24) is 9.62 Å². The Morgan fingerprint density at radius 2 is 1.60 bits per heavy atom. The summed E-state index contributed by atoms with van der Waals surface area (Å²) in [5.74, 6) is -1.47. The molecule has 1 fully saturated rings. The average molecular weight is 428 g/mol. The number of benzene rings is 2. The van der Waals surface area contributed by atoms with Crippen LogP contribution in [0.4, 0.5) is 5.69 Å². The van der Waals surface area contributed by atoms with Crippen LogP contribution in [0.1, 0.15) is 42.9 Å². The number of amides is 2. The maximum absolute atomic E-state index is 12.6. The van der Waals surface area contributed by atoms with E-state index in [1.165, 1.54) is 34.1 Å². The summed E-state index contributed by atoms with van der Waals surface area (Å²) in [6.07, 6.45) is 4.46. The first-order valence-corrected chi connectivity index (χ1v) is 11.7. The van der Waals surface area contributed by atoms with E-state index < -0.39 is 21.8 Å². The number of anilines is 1. The van der Waals surface area contributed by atoms with Crippen LogP contribution in [-0.2, 0) is 26.0 Å². The van der Waals surface area contributed by atoms with E-state index in [1.807, 2.05) is 24.3 Å². The highest BCUT2D eigenvalue weighted by Crippen LogP contribution is 2.29. The van der Waals surface area contributed by atoms with E-state index in [4.69, 9.17) is 0 Å². The monoisotopic (exact) mass is 427 g/mol. The van der Waals surface area contributed by atoms with Crippen molar-refractivity contribution in [1.29, 1.82) is 0 Å². The molecule has 0 bridgehead atoms. The van der Waals surface area contributed by atoms with Gasteiger partial charge in [-0.15, -0.1) is 0 Å². The summed E-state index contributed by atoms with van der Waals surface area (Å²) in [7, 11) is -3.51. The largest absolute Gasteiger partial charge is 0.341 e. The van der Waals surface area contributed by atoms with Crippen molar-refractivity contribution in [2.24, 2.45) is 0 Å². The molecule has 2 aromatic carbocycles. The van der Waals surface area contributed by atoms with Crippen LogP contribution >= 0.6 is 0 Å². The SMILES string of the molecule is O=C(Nc1ccc(S(=O)(=O)N2CCCC2)cc1)C(=O)N[C@H]1CCCc2ccccc21. The summed E-state index contributed by atoms with van der Waals surface area (Å²) in [5, 5.41) is 5.36. The number of carbonyl (C=O) groups is 2. The Morgan fingerprint density at radius 3 is 2.33 bits per heavy atom. The zero-order chi connectivity index (χ0) is 21.1. The minimum absolute atomic E-state index is 0.179. The van der Waals surface area contributed by atoms with Gasteiger partial charge in [0.05, 0.1) is 10.9 Å². The van der Waals surface area contributed by atoms with Crippen LogP contribution in [0.25, 0.3) is 0 Å². The molecular weight excluding hydrogens is 402 g/mol. The Kier molecular flexibility index (Phi) is 5.87. The molecule has 2 N–H and O–H groups in total. The van der Waals surface area contributed by atoms with Gasteiger partial charge in [0.25, 0.3) is 0 Å². The third-order valence-electron chi connectivity index (χ3n) is 5.70. The molecule has 7 nitrogen and oxygen atoms in total. The van der Waals surface area contributed by atoms with Gasteiger partial charge in [-0.05, 0) is 67.5 Å². The van der Waals surface area contributed by atoms with Gasteiger partial charge in [-0.1, -0.05) is 24.3 Å². The molecule has 0 radical (unpaired) electrons. The van der Waals surface area contributed by atoms with Crippen molar-refractivity contribution < 1.29 is 18.0 Å². The summed E-state index contributed by atoms with van der Waals surface area (Å²) in [6, 6.07) is 13.7. The molecule has 2 amide bonds. The minimum Gasteiger partial charge on any atom is -0.341 e. The number of nitrogens with zero attached hydrogens (tertiary/aromatic N) is 1. The molecule has 1 saturated heterocycles. The summed E-state index contributed by atoms with van der Waals surface area (Å²) in [4.78, 5) is 24.9. The molecule has 0 saturated carbocycles. The highest BCUT2D eigenvalue weighted by atomic mass is 32.2. The lowest BCUT2D eigenvalue weighted by Crippen LogP contribution is -2.38. The predicted molar refractivity (Wildman–Crippen MR) is 113 cm³/mol. The van der Waals surface area contributed by atoms with Gasteiger partial charge in [0.15, 0.2) is 0 Å². The van der Waals surface area contributed by atoms with Crippen LogP contribution in [0.3, 0.4) is 0 Å². The second kappa shape index (κ2) is 8.57. The molecule has 2 aliphatic rings.